The Morgan fingerprint density at radius 3 is 2.92 bits per heavy atom. The molecule has 10 heteroatoms. The summed E-state index contributed by atoms with van der Waals surface area (Å²) in [4.78, 5) is 10.4. The summed E-state index contributed by atoms with van der Waals surface area (Å²) in [7, 11) is 1.57. The Bertz CT molecular complexity index is 1060. The second kappa shape index (κ2) is 7.46. The van der Waals surface area contributed by atoms with Crippen molar-refractivity contribution in [2.75, 3.05) is 7.11 Å². The Morgan fingerprint density at radius 1 is 1.38 bits per heavy atom. The number of aromatic nitrogens is 3. The number of nitrogens with zero attached hydrogens (tertiary/aromatic N) is 4. The van der Waals surface area contributed by atoms with Crippen molar-refractivity contribution in [3.63, 3.8) is 0 Å². The van der Waals surface area contributed by atoms with Gasteiger partial charge in [-0.3, -0.25) is 10.1 Å². The first-order chi connectivity index (χ1) is 12.5. The third-order valence-corrected chi connectivity index (χ3v) is 4.05. The van der Waals surface area contributed by atoms with Crippen LogP contribution in [0.5, 0.6) is 5.75 Å². The molecule has 3 rings (SSSR count). The number of hydrogen-bond acceptors (Lipinski definition) is 6. The maximum atomic E-state index is 11.0. The van der Waals surface area contributed by atoms with E-state index in [0.29, 0.717) is 17.1 Å². The highest BCUT2D eigenvalue weighted by molar-refractivity contribution is 7.71. The van der Waals surface area contributed by atoms with E-state index < -0.39 is 4.92 Å². The average molecular weight is 390 g/mol. The van der Waals surface area contributed by atoms with Crippen LogP contribution in [0.4, 0.5) is 5.69 Å². The normalized spacial score (nSPS) is 11.0. The number of H-pyrrole nitrogens is 1. The van der Waals surface area contributed by atoms with Crippen molar-refractivity contribution in [3.05, 3.63) is 67.9 Å². The van der Waals surface area contributed by atoms with E-state index in [1.807, 2.05) is 18.2 Å². The molecule has 1 aromatic heterocycles. The number of nitro groups is 1. The molecule has 0 atom stereocenters. The predicted octanol–water partition coefficient (Wildman–Crippen LogP) is 4.06. The van der Waals surface area contributed by atoms with Gasteiger partial charge in [0, 0.05) is 17.2 Å². The molecule has 0 unspecified atom stereocenters. The first kappa shape index (κ1) is 17.8. The number of halogens is 1. The van der Waals surface area contributed by atoms with Crippen LogP contribution in [0.15, 0.2) is 47.6 Å². The molecular weight excluding hydrogens is 378 g/mol. The Labute approximate surface area is 157 Å². The van der Waals surface area contributed by atoms with E-state index in [1.165, 1.54) is 23.0 Å². The van der Waals surface area contributed by atoms with Crippen molar-refractivity contribution in [1.29, 1.82) is 0 Å². The number of ether oxygens (including phenoxy) is 1. The van der Waals surface area contributed by atoms with Crippen molar-refractivity contribution in [3.8, 4) is 17.1 Å². The zero-order valence-corrected chi connectivity index (χ0v) is 15.0. The van der Waals surface area contributed by atoms with Gasteiger partial charge >= 0.3 is 0 Å². The van der Waals surface area contributed by atoms with Gasteiger partial charge in [0.25, 0.3) is 5.69 Å². The molecule has 26 heavy (non-hydrogen) atoms. The first-order valence-electron chi connectivity index (χ1n) is 7.29. The fraction of sp³-hybridized carbons (Fsp3) is 0.0625. The van der Waals surface area contributed by atoms with Crippen LogP contribution in [0.1, 0.15) is 5.56 Å². The molecule has 0 saturated heterocycles. The quantitative estimate of drug-likeness (QED) is 0.307. The molecule has 3 aromatic rings. The van der Waals surface area contributed by atoms with Gasteiger partial charge in [-0.05, 0) is 30.4 Å². The lowest BCUT2D eigenvalue weighted by Crippen LogP contribution is -1.96. The van der Waals surface area contributed by atoms with Crippen molar-refractivity contribution >= 4 is 35.7 Å². The Morgan fingerprint density at radius 2 is 2.19 bits per heavy atom. The highest BCUT2D eigenvalue weighted by Gasteiger charge is 2.12. The minimum Gasteiger partial charge on any atom is -0.497 e. The van der Waals surface area contributed by atoms with Gasteiger partial charge in [0.15, 0.2) is 5.82 Å². The minimum absolute atomic E-state index is 0.0594. The van der Waals surface area contributed by atoms with E-state index in [1.54, 1.807) is 19.2 Å². The lowest BCUT2D eigenvalue weighted by Gasteiger charge is -2.04. The standard InChI is InChI=1S/C16H12ClN5O3S/c1-25-12-4-2-3-11(8-12)15-19-20-16(26)21(15)18-9-10-5-6-13(17)14(7-10)22(23)24/h2-9H,1H3,(H,20,26)/b18-9-. The number of rotatable bonds is 5. The number of nitrogens with one attached hydrogen (secondary N) is 1. The molecule has 0 radical (unpaired) electrons. The van der Waals surface area contributed by atoms with Gasteiger partial charge in [-0.2, -0.15) is 14.9 Å². The summed E-state index contributed by atoms with van der Waals surface area (Å²) >= 11 is 11.0. The largest absolute Gasteiger partial charge is 0.497 e. The molecule has 0 aliphatic carbocycles. The van der Waals surface area contributed by atoms with E-state index in [9.17, 15) is 10.1 Å². The van der Waals surface area contributed by atoms with E-state index in [4.69, 9.17) is 28.6 Å². The molecule has 0 saturated carbocycles. The van der Waals surface area contributed by atoms with Crippen molar-refractivity contribution < 1.29 is 9.66 Å². The van der Waals surface area contributed by atoms with Crippen molar-refractivity contribution in [2.24, 2.45) is 5.10 Å². The van der Waals surface area contributed by atoms with Crippen LogP contribution in [0.2, 0.25) is 5.02 Å². The summed E-state index contributed by atoms with van der Waals surface area (Å²) in [5.41, 5.74) is 1.05. The summed E-state index contributed by atoms with van der Waals surface area (Å²) in [6.45, 7) is 0. The number of aromatic amines is 1. The zero-order chi connectivity index (χ0) is 18.7. The summed E-state index contributed by atoms with van der Waals surface area (Å²) in [5, 5.41) is 22.2. The maximum Gasteiger partial charge on any atom is 0.288 e. The Balaban J connectivity index is 2.00. The molecule has 0 amide bonds. The zero-order valence-electron chi connectivity index (χ0n) is 13.4. The van der Waals surface area contributed by atoms with E-state index in [0.717, 1.165) is 5.56 Å². The minimum atomic E-state index is -0.551. The Kier molecular flexibility index (Phi) is 5.10. The first-order valence-corrected chi connectivity index (χ1v) is 8.08. The summed E-state index contributed by atoms with van der Waals surface area (Å²) in [6.07, 6.45) is 1.44. The fourth-order valence-electron chi connectivity index (χ4n) is 2.22. The Hall–Kier alpha value is -3.04. The topological polar surface area (TPSA) is 98.3 Å². The fourth-order valence-corrected chi connectivity index (χ4v) is 2.59. The molecule has 0 bridgehead atoms. The van der Waals surface area contributed by atoms with Gasteiger partial charge in [-0.25, -0.2) is 5.10 Å². The van der Waals surface area contributed by atoms with Crippen LogP contribution >= 0.6 is 23.8 Å². The average Bonchev–Trinajstić information content (AvgIpc) is 3.01. The van der Waals surface area contributed by atoms with Crippen LogP contribution in [0.25, 0.3) is 11.4 Å². The number of benzene rings is 2. The van der Waals surface area contributed by atoms with Gasteiger partial charge in [-0.15, -0.1) is 0 Å². The van der Waals surface area contributed by atoms with Gasteiger partial charge in [0.1, 0.15) is 10.8 Å². The van der Waals surface area contributed by atoms with E-state index in [2.05, 4.69) is 15.3 Å². The molecule has 2 aromatic carbocycles. The molecular formula is C16H12ClN5O3S. The molecule has 8 nitrogen and oxygen atoms in total. The monoisotopic (exact) mass is 389 g/mol. The van der Waals surface area contributed by atoms with Gasteiger partial charge in [0.05, 0.1) is 18.2 Å². The summed E-state index contributed by atoms with van der Waals surface area (Å²) < 4.78 is 6.91. The smallest absolute Gasteiger partial charge is 0.288 e. The van der Waals surface area contributed by atoms with Crippen LogP contribution in [-0.2, 0) is 0 Å². The second-order valence-corrected chi connectivity index (χ2v) is 5.90. The maximum absolute atomic E-state index is 11.0. The molecule has 0 spiro atoms. The van der Waals surface area contributed by atoms with Crippen molar-refractivity contribution in [2.45, 2.75) is 0 Å². The highest BCUT2D eigenvalue weighted by atomic mass is 35.5. The van der Waals surface area contributed by atoms with Crippen LogP contribution in [-0.4, -0.2) is 33.1 Å². The number of nitro benzene ring substituents is 1. The van der Waals surface area contributed by atoms with E-state index in [-0.39, 0.29) is 15.5 Å². The predicted molar refractivity (Wildman–Crippen MR) is 100 cm³/mol. The SMILES string of the molecule is COc1cccc(-c2n[nH]c(=S)n2/N=C\c2ccc(Cl)c([N+](=O)[O-])c2)c1. The van der Waals surface area contributed by atoms with Crippen LogP contribution < -0.4 is 4.74 Å². The van der Waals surface area contributed by atoms with E-state index >= 15 is 0 Å². The van der Waals surface area contributed by atoms with Gasteiger partial charge < -0.3 is 4.74 Å². The molecule has 0 aliphatic rings. The van der Waals surface area contributed by atoms with Crippen LogP contribution in [0, 0.1) is 14.9 Å². The highest BCUT2D eigenvalue weighted by Crippen LogP contribution is 2.25. The van der Waals surface area contributed by atoms with Gasteiger partial charge in [-0.1, -0.05) is 29.8 Å². The molecule has 0 aliphatic heterocycles. The molecule has 0 fully saturated rings. The summed E-state index contributed by atoms with van der Waals surface area (Å²) in [6, 6.07) is 11.7. The third-order valence-electron chi connectivity index (χ3n) is 3.47. The molecule has 132 valence electrons. The third kappa shape index (κ3) is 3.63. The van der Waals surface area contributed by atoms with Crippen LogP contribution in [0.3, 0.4) is 0 Å². The molecule has 1 heterocycles. The molecule has 1 N–H and O–H groups in total. The second-order valence-electron chi connectivity index (χ2n) is 5.11. The number of hydrogen-bond donors (Lipinski definition) is 1. The lowest BCUT2D eigenvalue weighted by atomic mass is 10.2. The number of methoxy groups -OCH3 is 1. The van der Waals surface area contributed by atoms with Gasteiger partial charge in [0.2, 0.25) is 4.77 Å². The summed E-state index contributed by atoms with van der Waals surface area (Å²) in [5.74, 6) is 1.15. The lowest BCUT2D eigenvalue weighted by molar-refractivity contribution is -0.384. The van der Waals surface area contributed by atoms with Crippen molar-refractivity contribution in [1.82, 2.24) is 14.9 Å².